The zero-order chi connectivity index (χ0) is 45.5. The first-order valence-corrected chi connectivity index (χ1v) is 22.9. The van der Waals surface area contributed by atoms with Gasteiger partial charge in [-0.2, -0.15) is 10.5 Å². The van der Waals surface area contributed by atoms with Gasteiger partial charge in [-0.25, -0.2) is 0 Å². The van der Waals surface area contributed by atoms with Crippen molar-refractivity contribution < 1.29 is 4.74 Å². The molecule has 5 aromatic heterocycles. The summed E-state index contributed by atoms with van der Waals surface area (Å²) in [6, 6.07) is 70.3. The summed E-state index contributed by atoms with van der Waals surface area (Å²) in [6.07, 6.45) is 3.71. The van der Waals surface area contributed by atoms with Crippen molar-refractivity contribution in [2.75, 3.05) is 0 Å². The van der Waals surface area contributed by atoms with E-state index in [9.17, 15) is 10.5 Å². The summed E-state index contributed by atoms with van der Waals surface area (Å²) in [7, 11) is 0. The number of pyridine rings is 2. The fourth-order valence-electron chi connectivity index (χ4n) is 11.9. The summed E-state index contributed by atoms with van der Waals surface area (Å²) in [5.74, 6) is 1.52. The van der Waals surface area contributed by atoms with Gasteiger partial charge in [0.25, 0.3) is 0 Å². The Hall–Kier alpha value is -9.76. The predicted octanol–water partition coefficient (Wildman–Crippen LogP) is 14.0. The minimum Gasteiger partial charge on any atom is -0.457 e. The van der Waals surface area contributed by atoms with Gasteiger partial charge in [0.05, 0.1) is 73.2 Å². The molecule has 0 saturated heterocycles. The fraction of sp³-hybridized carbons (Fsp3) is 0.0164. The predicted molar refractivity (Wildman–Crippen MR) is 272 cm³/mol. The van der Waals surface area contributed by atoms with Crippen molar-refractivity contribution in [1.82, 2.24) is 23.7 Å². The molecule has 8 heteroatoms. The van der Waals surface area contributed by atoms with Crippen molar-refractivity contribution in [3.63, 3.8) is 0 Å². The Morgan fingerprint density at radius 2 is 0.754 bits per heavy atom. The maximum atomic E-state index is 9.90. The van der Waals surface area contributed by atoms with Crippen LogP contribution in [0.25, 0.3) is 93.9 Å². The Morgan fingerprint density at radius 3 is 1.22 bits per heavy atom. The third-order valence-corrected chi connectivity index (χ3v) is 14.6. The van der Waals surface area contributed by atoms with E-state index in [2.05, 4.69) is 177 Å². The van der Waals surface area contributed by atoms with Crippen molar-refractivity contribution in [3.8, 4) is 52.1 Å². The van der Waals surface area contributed by atoms with Crippen LogP contribution in [-0.4, -0.2) is 23.7 Å². The van der Waals surface area contributed by atoms with E-state index in [-0.39, 0.29) is 0 Å². The first-order chi connectivity index (χ1) is 34.1. The van der Waals surface area contributed by atoms with Gasteiger partial charge in [-0.05, 0) is 132 Å². The molecule has 6 heterocycles. The second-order valence-corrected chi connectivity index (χ2v) is 18.0. The lowest BCUT2D eigenvalue weighted by atomic mass is 9.66. The second-order valence-electron chi connectivity index (χ2n) is 18.0. The molecule has 69 heavy (non-hydrogen) atoms. The number of benzene rings is 8. The van der Waals surface area contributed by atoms with Gasteiger partial charge >= 0.3 is 0 Å². The van der Waals surface area contributed by atoms with Crippen molar-refractivity contribution in [2.45, 2.75) is 5.41 Å². The van der Waals surface area contributed by atoms with Gasteiger partial charge in [-0.3, -0.25) is 9.97 Å². The van der Waals surface area contributed by atoms with Crippen LogP contribution in [0, 0.1) is 22.7 Å². The van der Waals surface area contributed by atoms with Crippen LogP contribution < -0.4 is 4.74 Å². The molecule has 13 aromatic rings. The van der Waals surface area contributed by atoms with Gasteiger partial charge in [0.2, 0.25) is 0 Å². The highest BCUT2D eigenvalue weighted by atomic mass is 16.5. The number of nitrogens with zero attached hydrogens (tertiary/aromatic N) is 7. The maximum absolute atomic E-state index is 9.90. The number of rotatable bonds is 3. The number of hydrogen-bond donors (Lipinski definition) is 0. The molecule has 0 atom stereocenters. The van der Waals surface area contributed by atoms with Gasteiger partial charge in [-0.15, -0.1) is 0 Å². The molecule has 318 valence electrons. The molecule has 0 saturated carbocycles. The zero-order valence-electron chi connectivity index (χ0n) is 36.6. The van der Waals surface area contributed by atoms with Crippen molar-refractivity contribution in [1.29, 1.82) is 10.5 Å². The van der Waals surface area contributed by atoms with Gasteiger partial charge < -0.3 is 18.4 Å². The second kappa shape index (κ2) is 13.6. The van der Waals surface area contributed by atoms with Crippen LogP contribution in [0.2, 0.25) is 0 Å². The SMILES string of the molecule is N#Cc1ccc2c(c1)c1ccccc1n2-c1ccc2c(c1)C1(c3cc(-n4c5ccccc5c5cc(-n6c7ccccc7c7cc(C#N)ccc76)ccc54)ccc3O2)c2cccnc2-c2ncccc21. The maximum Gasteiger partial charge on any atom is 0.132 e. The molecule has 2 aliphatic rings. The van der Waals surface area contributed by atoms with E-state index in [0.717, 1.165) is 128 Å². The van der Waals surface area contributed by atoms with E-state index in [1.165, 1.54) is 0 Å². The molecule has 1 aliphatic heterocycles. The Bertz CT molecular complexity index is 4470. The van der Waals surface area contributed by atoms with E-state index in [1.807, 2.05) is 48.8 Å². The van der Waals surface area contributed by atoms with E-state index >= 15 is 0 Å². The third-order valence-electron chi connectivity index (χ3n) is 14.6. The molecule has 0 radical (unpaired) electrons. The number of fused-ring (bicyclic) bond motifs is 18. The Morgan fingerprint density at radius 1 is 0.362 bits per heavy atom. The molecule has 8 nitrogen and oxygen atoms in total. The lowest BCUT2D eigenvalue weighted by molar-refractivity contribution is 0.436. The van der Waals surface area contributed by atoms with Crippen LogP contribution >= 0.6 is 0 Å². The molecule has 15 rings (SSSR count). The molecule has 1 spiro atoms. The van der Waals surface area contributed by atoms with Crippen LogP contribution in [-0.2, 0) is 5.41 Å². The highest BCUT2D eigenvalue weighted by Gasteiger charge is 2.52. The van der Waals surface area contributed by atoms with E-state index < -0.39 is 5.41 Å². The average molecular weight is 880 g/mol. The van der Waals surface area contributed by atoms with Crippen LogP contribution in [0.15, 0.2) is 200 Å². The Kier molecular flexibility index (Phi) is 7.41. The highest BCUT2D eigenvalue weighted by Crippen LogP contribution is 2.62. The smallest absolute Gasteiger partial charge is 0.132 e. The standard InChI is InChI=1S/C61H33N7O/c62-34-36-17-22-54-44(29-36)41-9-1-4-14-51(41)66(54)38-19-24-56-46(31-38)43-11-3-6-16-53(43)68(56)40-21-26-58-50(33-40)61(47-12-7-27-64-59(47)60-48(61)13-8-28-65-60)49-32-39(20-25-57(49)69-58)67-52-15-5-2-10-42(52)45-30-37(35-63)18-23-55(45)67/h1-33H. The van der Waals surface area contributed by atoms with E-state index in [0.29, 0.717) is 11.1 Å². The molecule has 0 bridgehead atoms. The van der Waals surface area contributed by atoms with E-state index in [4.69, 9.17) is 14.7 Å². The molecular weight excluding hydrogens is 847 g/mol. The monoisotopic (exact) mass is 879 g/mol. The van der Waals surface area contributed by atoms with Gasteiger partial charge in [0, 0.05) is 72.9 Å². The number of hydrogen-bond acceptors (Lipinski definition) is 5. The fourth-order valence-corrected chi connectivity index (χ4v) is 11.9. The topological polar surface area (TPSA) is 97.4 Å². The van der Waals surface area contributed by atoms with Gasteiger partial charge in [0.15, 0.2) is 0 Å². The first-order valence-electron chi connectivity index (χ1n) is 22.9. The van der Waals surface area contributed by atoms with Crippen molar-refractivity contribution in [3.05, 3.63) is 234 Å². The molecular formula is C61H33N7O. The van der Waals surface area contributed by atoms with Crippen LogP contribution in [0.5, 0.6) is 11.5 Å². The third kappa shape index (κ3) is 4.88. The lowest BCUT2D eigenvalue weighted by Crippen LogP contribution is -2.32. The molecule has 1 aliphatic carbocycles. The largest absolute Gasteiger partial charge is 0.457 e. The summed E-state index contributed by atoms with van der Waals surface area (Å²) in [4.78, 5) is 10.1. The Labute approximate surface area is 394 Å². The summed E-state index contributed by atoms with van der Waals surface area (Å²) < 4.78 is 14.0. The minimum atomic E-state index is -0.858. The normalized spacial score (nSPS) is 13.1. The number of nitriles is 2. The summed E-state index contributed by atoms with van der Waals surface area (Å²) in [6.45, 7) is 0. The minimum absolute atomic E-state index is 0.623. The number of ether oxygens (including phenoxy) is 1. The van der Waals surface area contributed by atoms with Crippen LogP contribution in [0.4, 0.5) is 0 Å². The average Bonchev–Trinajstić information content (AvgIpc) is 4.12. The van der Waals surface area contributed by atoms with Crippen molar-refractivity contribution in [2.24, 2.45) is 0 Å². The molecule has 8 aromatic carbocycles. The van der Waals surface area contributed by atoms with Gasteiger partial charge in [-0.1, -0.05) is 66.7 Å². The highest BCUT2D eigenvalue weighted by molar-refractivity contribution is 6.13. The molecule has 0 amide bonds. The van der Waals surface area contributed by atoms with Gasteiger partial charge in [0.1, 0.15) is 11.5 Å². The molecule has 0 fully saturated rings. The summed E-state index contributed by atoms with van der Waals surface area (Å²) in [5.41, 5.74) is 15.5. The first kappa shape index (κ1) is 37.5. The van der Waals surface area contributed by atoms with Crippen molar-refractivity contribution >= 4 is 65.4 Å². The van der Waals surface area contributed by atoms with Crippen LogP contribution in [0.3, 0.4) is 0 Å². The zero-order valence-corrected chi connectivity index (χ0v) is 36.6. The van der Waals surface area contributed by atoms with E-state index in [1.54, 1.807) is 0 Å². The molecule has 0 unspecified atom stereocenters. The summed E-state index contributed by atoms with van der Waals surface area (Å²) >= 11 is 0. The number of aromatic nitrogens is 5. The molecule has 0 N–H and O–H groups in total. The van der Waals surface area contributed by atoms with Crippen LogP contribution in [0.1, 0.15) is 33.4 Å². The Balaban J connectivity index is 0.981. The lowest BCUT2D eigenvalue weighted by Gasteiger charge is -2.39. The summed E-state index contributed by atoms with van der Waals surface area (Å²) in [5, 5.41) is 26.2. The quantitative estimate of drug-likeness (QED) is 0.176. The number of para-hydroxylation sites is 3.